The van der Waals surface area contributed by atoms with Gasteiger partial charge in [-0.05, 0) is 42.8 Å². The lowest BCUT2D eigenvalue weighted by Gasteiger charge is -2.22. The summed E-state index contributed by atoms with van der Waals surface area (Å²) < 4.78 is 16.1. The number of hydrogen-bond acceptors (Lipinski definition) is 4. The molecule has 0 saturated carbocycles. The summed E-state index contributed by atoms with van der Waals surface area (Å²) in [7, 11) is 3.61. The van der Waals surface area contributed by atoms with Crippen LogP contribution in [0.15, 0.2) is 36.4 Å². The summed E-state index contributed by atoms with van der Waals surface area (Å²) in [6.07, 6.45) is 0. The molecular weight excluding hydrogens is 368 g/mol. The summed E-state index contributed by atoms with van der Waals surface area (Å²) in [4.78, 5) is 13.6. The fraction of sp³-hybridized carbons (Fsp3) is 0.350. The number of hydrogen-bond donors (Lipinski definition) is 2. The van der Waals surface area contributed by atoms with Crippen molar-refractivity contribution in [2.24, 2.45) is 0 Å². The van der Waals surface area contributed by atoms with Gasteiger partial charge in [0.25, 0.3) is 5.91 Å². The van der Waals surface area contributed by atoms with E-state index in [1.165, 1.54) is 0 Å². The molecule has 0 saturated heterocycles. The van der Waals surface area contributed by atoms with Gasteiger partial charge in [0.05, 0.1) is 14.2 Å². The first-order chi connectivity index (χ1) is 13.0. The van der Waals surface area contributed by atoms with Crippen molar-refractivity contribution in [3.8, 4) is 17.2 Å². The number of methoxy groups -OCH3 is 1. The van der Waals surface area contributed by atoms with E-state index in [0.717, 1.165) is 27.5 Å². The van der Waals surface area contributed by atoms with E-state index in [1.54, 1.807) is 13.2 Å². The molecule has 1 unspecified atom stereocenters. The Morgan fingerprint density at radius 2 is 2.04 bits per heavy atom. The van der Waals surface area contributed by atoms with Crippen LogP contribution in [0.3, 0.4) is 0 Å². The van der Waals surface area contributed by atoms with E-state index >= 15 is 0 Å². The van der Waals surface area contributed by atoms with E-state index in [9.17, 15) is 4.79 Å². The number of likely N-dealkylation sites (N-methyl/N-ethyl adjacent to an activating group) is 1. The Morgan fingerprint density at radius 1 is 1.26 bits per heavy atom. The lowest BCUT2D eigenvalue weighted by atomic mass is 10.1. The topological polar surface area (TPSA) is 61.2 Å². The quantitative estimate of drug-likeness (QED) is 0.755. The number of benzene rings is 2. The van der Waals surface area contributed by atoms with Crippen LogP contribution in [0.25, 0.3) is 0 Å². The monoisotopic (exact) mass is 391 g/mol. The highest BCUT2D eigenvalue weighted by Gasteiger charge is 2.23. The second kappa shape index (κ2) is 8.50. The number of nitrogens with one attached hydrogen (secondary N) is 2. The second-order valence-corrected chi connectivity index (χ2v) is 7.04. The predicted octanol–water partition coefficient (Wildman–Crippen LogP) is 1.80. The molecule has 3 rings (SSSR count). The molecule has 2 atom stereocenters. The molecule has 27 heavy (non-hydrogen) atoms. The first-order valence-electron chi connectivity index (χ1n) is 8.79. The zero-order valence-corrected chi connectivity index (χ0v) is 16.4. The van der Waals surface area contributed by atoms with E-state index in [-0.39, 0.29) is 18.7 Å². The number of quaternary nitrogens is 1. The molecule has 0 bridgehead atoms. The van der Waals surface area contributed by atoms with E-state index in [0.29, 0.717) is 23.9 Å². The van der Waals surface area contributed by atoms with E-state index in [1.807, 2.05) is 44.3 Å². The smallest absolute Gasteiger partial charge is 0.278 e. The van der Waals surface area contributed by atoms with Crippen LogP contribution in [-0.4, -0.2) is 32.9 Å². The van der Waals surface area contributed by atoms with Crippen molar-refractivity contribution in [1.82, 2.24) is 5.32 Å². The molecule has 0 fully saturated rings. The Hall–Kier alpha value is -2.44. The van der Waals surface area contributed by atoms with Gasteiger partial charge in [0, 0.05) is 17.1 Å². The maximum absolute atomic E-state index is 12.6. The number of carbonyl (C=O) groups excluding carboxylic acids is 1. The minimum absolute atomic E-state index is 0.0221. The summed E-state index contributed by atoms with van der Waals surface area (Å²) in [5.74, 6) is 2.20. The molecule has 1 aliphatic heterocycles. The average Bonchev–Trinajstić information content (AvgIpc) is 3.13. The van der Waals surface area contributed by atoms with Gasteiger partial charge in [0.2, 0.25) is 6.79 Å². The van der Waals surface area contributed by atoms with Gasteiger partial charge in [-0.25, -0.2) is 0 Å². The molecular formula is C20H24ClN2O4+. The fourth-order valence-corrected chi connectivity index (χ4v) is 3.15. The third kappa shape index (κ3) is 4.64. The molecule has 1 amide bonds. The van der Waals surface area contributed by atoms with Gasteiger partial charge < -0.3 is 24.4 Å². The van der Waals surface area contributed by atoms with Gasteiger partial charge in [-0.15, -0.1) is 0 Å². The van der Waals surface area contributed by atoms with Crippen molar-refractivity contribution in [3.05, 3.63) is 52.5 Å². The Labute approximate surface area is 164 Å². The molecule has 1 aliphatic rings. The third-order valence-electron chi connectivity index (χ3n) is 4.75. The number of rotatable bonds is 7. The fourth-order valence-electron chi connectivity index (χ4n) is 2.96. The molecule has 0 spiro atoms. The van der Waals surface area contributed by atoms with Crippen LogP contribution >= 0.6 is 11.6 Å². The zero-order chi connectivity index (χ0) is 19.4. The Balaban J connectivity index is 1.57. The van der Waals surface area contributed by atoms with E-state index in [2.05, 4.69) is 5.32 Å². The van der Waals surface area contributed by atoms with Crippen molar-refractivity contribution in [2.75, 3.05) is 21.0 Å². The lowest BCUT2D eigenvalue weighted by molar-refractivity contribution is -0.908. The van der Waals surface area contributed by atoms with E-state index < -0.39 is 0 Å². The highest BCUT2D eigenvalue weighted by Crippen LogP contribution is 2.32. The van der Waals surface area contributed by atoms with Crippen LogP contribution in [0.1, 0.15) is 18.1 Å². The predicted molar refractivity (Wildman–Crippen MR) is 102 cm³/mol. The Morgan fingerprint density at radius 3 is 2.81 bits per heavy atom. The Bertz CT molecular complexity index is 828. The van der Waals surface area contributed by atoms with Crippen LogP contribution < -0.4 is 24.4 Å². The van der Waals surface area contributed by atoms with Gasteiger partial charge in [0.1, 0.15) is 12.3 Å². The molecule has 0 radical (unpaired) electrons. The number of ether oxygens (including phenoxy) is 3. The van der Waals surface area contributed by atoms with Crippen molar-refractivity contribution >= 4 is 17.5 Å². The summed E-state index contributed by atoms with van der Waals surface area (Å²) in [6.45, 7) is 3.21. The number of amides is 1. The van der Waals surface area contributed by atoms with E-state index in [4.69, 9.17) is 25.8 Å². The standard InChI is InChI=1S/C20H23ClN2O4/c1-13(23(2)11-15-9-16(21)5-7-17(15)25-3)20(24)22-10-14-4-6-18-19(8-14)27-12-26-18/h4-9,13H,10-12H2,1-3H3,(H,22,24)/p+1/t13-/m0/s1. The summed E-state index contributed by atoms with van der Waals surface area (Å²) in [6, 6.07) is 10.9. The summed E-state index contributed by atoms with van der Waals surface area (Å²) in [5, 5.41) is 3.63. The van der Waals surface area contributed by atoms with Crippen LogP contribution in [0.2, 0.25) is 5.02 Å². The molecule has 0 aromatic heterocycles. The third-order valence-corrected chi connectivity index (χ3v) is 4.98. The minimum Gasteiger partial charge on any atom is -0.496 e. The molecule has 1 heterocycles. The summed E-state index contributed by atoms with van der Waals surface area (Å²) in [5.41, 5.74) is 1.94. The normalized spacial score (nSPS) is 14.5. The zero-order valence-electron chi connectivity index (χ0n) is 15.7. The molecule has 2 N–H and O–H groups in total. The van der Waals surface area contributed by atoms with Gasteiger partial charge in [0.15, 0.2) is 17.5 Å². The number of halogens is 1. The average molecular weight is 392 g/mol. The van der Waals surface area contributed by atoms with Gasteiger partial charge in [-0.2, -0.15) is 0 Å². The lowest BCUT2D eigenvalue weighted by Crippen LogP contribution is -3.12. The van der Waals surface area contributed by atoms with Gasteiger partial charge >= 0.3 is 0 Å². The molecule has 6 nitrogen and oxygen atoms in total. The van der Waals surface area contributed by atoms with Gasteiger partial charge in [-0.3, -0.25) is 4.79 Å². The molecule has 2 aromatic carbocycles. The maximum Gasteiger partial charge on any atom is 0.278 e. The van der Waals surface area contributed by atoms with Crippen LogP contribution in [0, 0.1) is 0 Å². The van der Waals surface area contributed by atoms with Crippen molar-refractivity contribution < 1.29 is 23.9 Å². The van der Waals surface area contributed by atoms with Crippen LogP contribution in [-0.2, 0) is 17.9 Å². The second-order valence-electron chi connectivity index (χ2n) is 6.61. The number of fused-ring (bicyclic) bond motifs is 1. The summed E-state index contributed by atoms with van der Waals surface area (Å²) >= 11 is 6.09. The van der Waals surface area contributed by atoms with Crippen LogP contribution in [0.4, 0.5) is 0 Å². The molecule has 0 aliphatic carbocycles. The molecule has 2 aromatic rings. The van der Waals surface area contributed by atoms with Crippen LogP contribution in [0.5, 0.6) is 17.2 Å². The van der Waals surface area contributed by atoms with Crippen molar-refractivity contribution in [2.45, 2.75) is 26.1 Å². The Kier molecular flexibility index (Phi) is 6.08. The minimum atomic E-state index is -0.234. The molecule has 144 valence electrons. The first kappa shape index (κ1) is 19.3. The number of carbonyl (C=O) groups is 1. The van der Waals surface area contributed by atoms with Gasteiger partial charge in [-0.1, -0.05) is 17.7 Å². The highest BCUT2D eigenvalue weighted by molar-refractivity contribution is 6.30. The SMILES string of the molecule is COc1ccc(Cl)cc1C[NH+](C)[C@@H](C)C(=O)NCc1ccc2c(c1)OCO2. The first-order valence-corrected chi connectivity index (χ1v) is 9.16. The largest absolute Gasteiger partial charge is 0.496 e. The van der Waals surface area contributed by atoms with Crippen molar-refractivity contribution in [1.29, 1.82) is 0 Å². The van der Waals surface area contributed by atoms with Crippen molar-refractivity contribution in [3.63, 3.8) is 0 Å². The maximum atomic E-state index is 12.6. The molecule has 7 heteroatoms. The highest BCUT2D eigenvalue weighted by atomic mass is 35.5.